The molecule has 2 fully saturated rings. The minimum absolute atomic E-state index is 0.0182. The van der Waals surface area contributed by atoms with Gasteiger partial charge in [0, 0.05) is 26.0 Å². The summed E-state index contributed by atoms with van der Waals surface area (Å²) in [5, 5.41) is 7.95. The van der Waals surface area contributed by atoms with Crippen LogP contribution in [-0.4, -0.2) is 59.1 Å². The van der Waals surface area contributed by atoms with Crippen LogP contribution in [0, 0.1) is 5.92 Å². The predicted octanol–water partition coefficient (Wildman–Crippen LogP) is 1.58. The molecule has 160 valence electrons. The summed E-state index contributed by atoms with van der Waals surface area (Å²) in [6.07, 6.45) is 1.68. The van der Waals surface area contributed by atoms with Crippen LogP contribution >= 0.6 is 0 Å². The molecule has 3 amide bonds. The van der Waals surface area contributed by atoms with Gasteiger partial charge in [0.15, 0.2) is 5.69 Å². The fourth-order valence-electron chi connectivity index (χ4n) is 4.37. The molecule has 4 rings (SSSR count). The highest BCUT2D eigenvalue weighted by Crippen LogP contribution is 2.48. The molecule has 2 heterocycles. The van der Waals surface area contributed by atoms with Crippen LogP contribution in [0.4, 0.5) is 0 Å². The van der Waals surface area contributed by atoms with Crippen LogP contribution in [0.1, 0.15) is 23.3 Å². The second-order valence-corrected chi connectivity index (χ2v) is 15.2. The molecule has 8 nitrogen and oxygen atoms in total. The van der Waals surface area contributed by atoms with Crippen molar-refractivity contribution < 1.29 is 14.4 Å². The summed E-state index contributed by atoms with van der Waals surface area (Å²) < 4.78 is 1.52. The Morgan fingerprint density at radius 1 is 1.20 bits per heavy atom. The van der Waals surface area contributed by atoms with Gasteiger partial charge in [0.1, 0.15) is 12.6 Å². The monoisotopic (exact) mass is 427 g/mol. The quantitative estimate of drug-likeness (QED) is 0.654. The van der Waals surface area contributed by atoms with Gasteiger partial charge in [0.2, 0.25) is 11.8 Å². The van der Waals surface area contributed by atoms with E-state index in [0.29, 0.717) is 23.4 Å². The van der Waals surface area contributed by atoms with Gasteiger partial charge in [0.25, 0.3) is 5.91 Å². The first-order chi connectivity index (χ1) is 14.2. The van der Waals surface area contributed by atoms with Crippen LogP contribution < -0.4 is 11.1 Å². The third kappa shape index (κ3) is 3.98. The first-order valence-electron chi connectivity index (χ1n) is 10.5. The Hall–Kier alpha value is -2.68. The molecule has 1 aromatic carbocycles. The van der Waals surface area contributed by atoms with Crippen molar-refractivity contribution in [1.82, 2.24) is 20.0 Å². The predicted molar refractivity (Wildman–Crippen MR) is 117 cm³/mol. The summed E-state index contributed by atoms with van der Waals surface area (Å²) in [5.41, 5.74) is 6.29. The van der Waals surface area contributed by atoms with E-state index in [1.54, 1.807) is 17.0 Å². The van der Waals surface area contributed by atoms with Gasteiger partial charge in [-0.3, -0.25) is 19.1 Å². The third-order valence-electron chi connectivity index (χ3n) is 6.05. The van der Waals surface area contributed by atoms with Gasteiger partial charge in [-0.2, -0.15) is 5.10 Å². The molecule has 1 saturated carbocycles. The van der Waals surface area contributed by atoms with Gasteiger partial charge in [-0.1, -0.05) is 37.8 Å². The Labute approximate surface area is 176 Å². The number of fused-ring (bicyclic) bond motifs is 2. The molecule has 0 bridgehead atoms. The summed E-state index contributed by atoms with van der Waals surface area (Å²) in [7, 11) is -1.24. The lowest BCUT2D eigenvalue weighted by Crippen LogP contribution is -2.49. The largest absolute Gasteiger partial charge is 0.364 e. The van der Waals surface area contributed by atoms with E-state index in [1.807, 2.05) is 12.1 Å². The topological polar surface area (TPSA) is 110 Å². The Bertz CT molecular complexity index is 1010. The SMILES string of the molecule is C[Si](C)(C)CCNC(=O)[C@@H]1C[C@H]2C[C@H]2N1C(=O)Cn1nc(C(N)=O)c2ccccc21. The number of piperidine rings is 1. The summed E-state index contributed by atoms with van der Waals surface area (Å²) in [6, 6.07) is 7.96. The molecule has 3 N–H and O–H groups in total. The van der Waals surface area contributed by atoms with Crippen molar-refractivity contribution in [2.24, 2.45) is 11.7 Å². The Kier molecular flexibility index (Phi) is 5.17. The second kappa shape index (κ2) is 7.53. The average molecular weight is 428 g/mol. The van der Waals surface area contributed by atoms with Gasteiger partial charge in [-0.15, -0.1) is 0 Å². The summed E-state index contributed by atoms with van der Waals surface area (Å²) in [6.45, 7) is 7.46. The molecule has 2 aromatic rings. The maximum absolute atomic E-state index is 13.2. The number of hydrogen-bond acceptors (Lipinski definition) is 4. The first-order valence-corrected chi connectivity index (χ1v) is 14.2. The van der Waals surface area contributed by atoms with Crippen LogP contribution in [0.2, 0.25) is 25.7 Å². The fourth-order valence-corrected chi connectivity index (χ4v) is 5.24. The number of nitrogens with zero attached hydrogens (tertiary/aromatic N) is 3. The van der Waals surface area contributed by atoms with Crippen molar-refractivity contribution in [2.75, 3.05) is 6.54 Å². The number of nitrogens with two attached hydrogens (primary N) is 1. The Balaban J connectivity index is 1.49. The van der Waals surface area contributed by atoms with E-state index >= 15 is 0 Å². The number of benzene rings is 1. The molecule has 1 saturated heterocycles. The van der Waals surface area contributed by atoms with Crippen molar-refractivity contribution >= 4 is 36.7 Å². The highest BCUT2D eigenvalue weighted by atomic mass is 28.3. The number of carbonyl (C=O) groups is 3. The minimum atomic E-state index is -1.24. The average Bonchev–Trinajstić information content (AvgIpc) is 3.17. The molecule has 9 heteroatoms. The van der Waals surface area contributed by atoms with Crippen molar-refractivity contribution in [3.05, 3.63) is 30.0 Å². The molecule has 0 radical (unpaired) electrons. The first kappa shape index (κ1) is 20.6. The van der Waals surface area contributed by atoms with E-state index < -0.39 is 20.0 Å². The molecule has 2 aliphatic rings. The number of amides is 3. The number of primary amides is 1. The zero-order chi connectivity index (χ0) is 21.6. The number of nitrogens with one attached hydrogen (secondary N) is 1. The van der Waals surface area contributed by atoms with Gasteiger partial charge >= 0.3 is 0 Å². The third-order valence-corrected chi connectivity index (χ3v) is 7.80. The van der Waals surface area contributed by atoms with Gasteiger partial charge in [-0.05, 0) is 30.9 Å². The van der Waals surface area contributed by atoms with Gasteiger partial charge < -0.3 is 16.0 Å². The van der Waals surface area contributed by atoms with Crippen LogP contribution in [0.3, 0.4) is 0 Å². The lowest BCUT2D eigenvalue weighted by molar-refractivity contribution is -0.140. The van der Waals surface area contributed by atoms with E-state index in [1.165, 1.54) is 4.68 Å². The van der Waals surface area contributed by atoms with E-state index in [9.17, 15) is 14.4 Å². The molecule has 0 unspecified atom stereocenters. The molecule has 3 atom stereocenters. The molecule has 1 aromatic heterocycles. The van der Waals surface area contributed by atoms with E-state index in [4.69, 9.17) is 5.73 Å². The maximum atomic E-state index is 13.2. The maximum Gasteiger partial charge on any atom is 0.269 e. The highest BCUT2D eigenvalue weighted by molar-refractivity contribution is 6.76. The van der Waals surface area contributed by atoms with Crippen molar-refractivity contribution in [1.29, 1.82) is 0 Å². The molecule has 1 aliphatic heterocycles. The Morgan fingerprint density at radius 3 is 2.63 bits per heavy atom. The summed E-state index contributed by atoms with van der Waals surface area (Å²) >= 11 is 0. The summed E-state index contributed by atoms with van der Waals surface area (Å²) in [5.74, 6) is -0.413. The van der Waals surface area contributed by atoms with E-state index in [0.717, 1.165) is 18.9 Å². The number of likely N-dealkylation sites (tertiary alicyclic amines) is 1. The van der Waals surface area contributed by atoms with Crippen molar-refractivity contribution in [2.45, 2.75) is 57.2 Å². The fraction of sp³-hybridized carbons (Fsp3) is 0.524. The number of para-hydroxylation sites is 1. The van der Waals surface area contributed by atoms with Gasteiger partial charge in [-0.25, -0.2) is 0 Å². The smallest absolute Gasteiger partial charge is 0.269 e. The van der Waals surface area contributed by atoms with Crippen LogP contribution in [0.5, 0.6) is 0 Å². The number of aromatic nitrogens is 2. The molecule has 30 heavy (non-hydrogen) atoms. The van der Waals surface area contributed by atoms with Crippen LogP contribution in [0.15, 0.2) is 24.3 Å². The van der Waals surface area contributed by atoms with Crippen molar-refractivity contribution in [3.63, 3.8) is 0 Å². The van der Waals surface area contributed by atoms with Crippen LogP contribution in [-0.2, 0) is 16.1 Å². The lowest BCUT2D eigenvalue weighted by atomic mass is 10.1. The molecular formula is C21H29N5O3Si. The van der Waals surface area contributed by atoms with Gasteiger partial charge in [0.05, 0.1) is 5.52 Å². The normalized spacial score (nSPS) is 22.8. The van der Waals surface area contributed by atoms with Crippen LogP contribution in [0.25, 0.3) is 10.9 Å². The highest BCUT2D eigenvalue weighted by Gasteiger charge is 2.55. The van der Waals surface area contributed by atoms with E-state index in [-0.39, 0.29) is 30.1 Å². The standard InChI is InChI=1S/C21H29N5O3Si/c1-30(2,3)9-8-23-21(29)17-11-13-10-16(13)26(17)18(27)12-25-15-7-5-4-6-14(15)19(24-25)20(22)28/h4-7,13,16-17H,8-12H2,1-3H3,(H2,22,28)(H,23,29)/t13-,16-,17+/m1/s1. The molecular weight excluding hydrogens is 398 g/mol. The van der Waals surface area contributed by atoms with E-state index in [2.05, 4.69) is 30.1 Å². The molecule has 0 spiro atoms. The Morgan fingerprint density at radius 2 is 1.93 bits per heavy atom. The molecule has 1 aliphatic carbocycles. The number of carbonyl (C=O) groups excluding carboxylic acids is 3. The minimum Gasteiger partial charge on any atom is -0.364 e. The zero-order valence-electron chi connectivity index (χ0n) is 17.7. The zero-order valence-corrected chi connectivity index (χ0v) is 18.7. The second-order valence-electron chi connectivity index (χ2n) is 9.60. The lowest BCUT2D eigenvalue weighted by Gasteiger charge is -2.27. The number of rotatable bonds is 7. The van der Waals surface area contributed by atoms with Crippen molar-refractivity contribution in [3.8, 4) is 0 Å². The summed E-state index contributed by atoms with van der Waals surface area (Å²) in [4.78, 5) is 39.5. The number of hydrogen-bond donors (Lipinski definition) is 2.